The van der Waals surface area contributed by atoms with E-state index in [-0.39, 0.29) is 22.0 Å². The first-order chi connectivity index (χ1) is 14.8. The number of benzene rings is 3. The summed E-state index contributed by atoms with van der Waals surface area (Å²) < 4.78 is 34.5. The fourth-order valence-electron chi connectivity index (χ4n) is 2.63. The summed E-state index contributed by atoms with van der Waals surface area (Å²) in [6, 6.07) is 17.2. The molecule has 31 heavy (non-hydrogen) atoms. The normalized spacial score (nSPS) is 11.3. The van der Waals surface area contributed by atoms with Crippen LogP contribution < -0.4 is 14.9 Å². The highest BCUT2D eigenvalue weighted by atomic mass is 79.9. The van der Waals surface area contributed by atoms with E-state index in [2.05, 4.69) is 31.2 Å². The van der Waals surface area contributed by atoms with Crippen molar-refractivity contribution in [1.82, 2.24) is 0 Å². The standard InChI is InChI=1S/C20H17BrN4O5S/c1-30-19-8-3-2-7-17(19)24-31(28,29)20-12-16(25(26)27)9-10-18(20)23-22-13-14-5-4-6-15(21)11-14/h2-13,23-24H,1H3. The lowest BCUT2D eigenvalue weighted by Crippen LogP contribution is -2.15. The smallest absolute Gasteiger partial charge is 0.270 e. The van der Waals surface area contributed by atoms with E-state index in [9.17, 15) is 18.5 Å². The van der Waals surface area contributed by atoms with Crippen LogP contribution in [0.5, 0.6) is 5.75 Å². The lowest BCUT2D eigenvalue weighted by Gasteiger charge is -2.14. The van der Waals surface area contributed by atoms with Gasteiger partial charge in [0.1, 0.15) is 10.6 Å². The van der Waals surface area contributed by atoms with Crippen LogP contribution in [0.4, 0.5) is 17.1 Å². The van der Waals surface area contributed by atoms with Crippen molar-refractivity contribution in [3.05, 3.63) is 86.9 Å². The Morgan fingerprint density at radius 1 is 1.06 bits per heavy atom. The van der Waals surface area contributed by atoms with Crippen molar-refractivity contribution in [2.24, 2.45) is 5.10 Å². The second-order valence-electron chi connectivity index (χ2n) is 6.17. The average molecular weight is 505 g/mol. The predicted molar refractivity (Wildman–Crippen MR) is 122 cm³/mol. The number of methoxy groups -OCH3 is 1. The van der Waals surface area contributed by atoms with Gasteiger partial charge in [-0.05, 0) is 35.9 Å². The zero-order valence-corrected chi connectivity index (χ0v) is 18.6. The van der Waals surface area contributed by atoms with Crippen LogP contribution >= 0.6 is 15.9 Å². The highest BCUT2D eigenvalue weighted by Crippen LogP contribution is 2.31. The number of hydrogen-bond acceptors (Lipinski definition) is 7. The molecule has 2 N–H and O–H groups in total. The van der Waals surface area contributed by atoms with E-state index in [1.54, 1.807) is 18.2 Å². The minimum atomic E-state index is -4.21. The second kappa shape index (κ2) is 9.58. The van der Waals surface area contributed by atoms with Crippen LogP contribution in [-0.4, -0.2) is 26.7 Å². The minimum absolute atomic E-state index is 0.0687. The number of non-ortho nitro benzene ring substituents is 1. The number of ether oxygens (including phenoxy) is 1. The Hall–Kier alpha value is -3.44. The molecule has 0 saturated heterocycles. The molecule has 0 aromatic heterocycles. The third-order valence-corrected chi connectivity index (χ3v) is 5.96. The molecule has 0 heterocycles. The Morgan fingerprint density at radius 2 is 1.84 bits per heavy atom. The molecule has 0 saturated carbocycles. The number of sulfonamides is 1. The maximum atomic E-state index is 13.1. The van der Waals surface area contributed by atoms with Crippen LogP contribution in [0.2, 0.25) is 0 Å². The van der Waals surface area contributed by atoms with Crippen LogP contribution in [0.15, 0.2) is 81.2 Å². The van der Waals surface area contributed by atoms with Crippen molar-refractivity contribution in [3.8, 4) is 5.75 Å². The molecule has 0 unspecified atom stereocenters. The van der Waals surface area contributed by atoms with Gasteiger partial charge < -0.3 is 4.74 Å². The van der Waals surface area contributed by atoms with Gasteiger partial charge >= 0.3 is 0 Å². The van der Waals surface area contributed by atoms with Crippen LogP contribution in [-0.2, 0) is 10.0 Å². The Labute approximate surface area is 187 Å². The third-order valence-electron chi connectivity index (χ3n) is 4.06. The summed E-state index contributed by atoms with van der Waals surface area (Å²) in [7, 11) is -2.81. The van der Waals surface area contributed by atoms with E-state index in [1.807, 2.05) is 24.3 Å². The summed E-state index contributed by atoms with van der Waals surface area (Å²) in [5.74, 6) is 0.304. The van der Waals surface area contributed by atoms with E-state index < -0.39 is 14.9 Å². The lowest BCUT2D eigenvalue weighted by atomic mass is 10.2. The first kappa shape index (κ1) is 22.2. The average Bonchev–Trinajstić information content (AvgIpc) is 2.74. The van der Waals surface area contributed by atoms with E-state index in [4.69, 9.17) is 4.74 Å². The number of hydrogen-bond donors (Lipinski definition) is 2. The number of para-hydroxylation sites is 2. The summed E-state index contributed by atoms with van der Waals surface area (Å²) in [6.45, 7) is 0. The van der Waals surface area contributed by atoms with Crippen LogP contribution in [0, 0.1) is 10.1 Å². The fraction of sp³-hybridized carbons (Fsp3) is 0.0500. The fourth-order valence-corrected chi connectivity index (χ4v) is 4.30. The SMILES string of the molecule is COc1ccccc1NS(=O)(=O)c1cc([N+](=O)[O-])ccc1NN=Cc1cccc(Br)c1. The Kier molecular flexibility index (Phi) is 6.88. The molecule has 0 spiro atoms. The van der Waals surface area contributed by atoms with Gasteiger partial charge in [-0.1, -0.05) is 40.2 Å². The van der Waals surface area contributed by atoms with Gasteiger partial charge in [0.2, 0.25) is 0 Å². The summed E-state index contributed by atoms with van der Waals surface area (Å²) in [4.78, 5) is 10.2. The number of nitrogens with zero attached hydrogens (tertiary/aromatic N) is 2. The number of nitrogens with one attached hydrogen (secondary N) is 2. The highest BCUT2D eigenvalue weighted by Gasteiger charge is 2.23. The molecule has 0 aliphatic heterocycles. The first-order valence-electron chi connectivity index (χ1n) is 8.79. The quantitative estimate of drug-likeness (QED) is 0.262. The maximum Gasteiger partial charge on any atom is 0.270 e. The minimum Gasteiger partial charge on any atom is -0.495 e. The van der Waals surface area contributed by atoms with Gasteiger partial charge in [0.05, 0.1) is 29.6 Å². The van der Waals surface area contributed by atoms with Crippen molar-refractivity contribution in [2.75, 3.05) is 17.3 Å². The Balaban J connectivity index is 1.96. The van der Waals surface area contributed by atoms with Crippen molar-refractivity contribution >= 4 is 49.2 Å². The van der Waals surface area contributed by atoms with Crippen LogP contribution in [0.3, 0.4) is 0 Å². The maximum absolute atomic E-state index is 13.1. The molecule has 9 nitrogen and oxygen atoms in total. The van der Waals surface area contributed by atoms with Crippen LogP contribution in [0.25, 0.3) is 0 Å². The molecular weight excluding hydrogens is 488 g/mol. The number of hydrazone groups is 1. The number of nitro benzene ring substituents is 1. The summed E-state index contributed by atoms with van der Waals surface area (Å²) in [5, 5.41) is 15.3. The number of halogens is 1. The molecule has 0 atom stereocenters. The molecule has 3 aromatic rings. The topological polar surface area (TPSA) is 123 Å². The highest BCUT2D eigenvalue weighted by molar-refractivity contribution is 9.10. The summed E-state index contributed by atoms with van der Waals surface area (Å²) >= 11 is 3.36. The molecule has 0 fully saturated rings. The molecule has 0 aliphatic carbocycles. The molecular formula is C20H17BrN4O5S. The van der Waals surface area contributed by atoms with Crippen LogP contribution in [0.1, 0.15) is 5.56 Å². The van der Waals surface area contributed by atoms with E-state index in [0.29, 0.717) is 5.75 Å². The molecule has 0 amide bonds. The monoisotopic (exact) mass is 504 g/mol. The Morgan fingerprint density at radius 3 is 2.55 bits per heavy atom. The molecule has 11 heteroatoms. The molecule has 0 aliphatic rings. The van der Waals surface area contributed by atoms with E-state index in [0.717, 1.165) is 16.1 Å². The van der Waals surface area contributed by atoms with Gasteiger partial charge in [0, 0.05) is 16.6 Å². The lowest BCUT2D eigenvalue weighted by molar-refractivity contribution is -0.385. The zero-order valence-electron chi connectivity index (χ0n) is 16.2. The zero-order chi connectivity index (χ0) is 22.4. The van der Waals surface area contributed by atoms with Gasteiger partial charge in [0.15, 0.2) is 0 Å². The van der Waals surface area contributed by atoms with Crippen molar-refractivity contribution in [1.29, 1.82) is 0 Å². The molecule has 0 bridgehead atoms. The summed E-state index contributed by atoms with van der Waals surface area (Å²) in [5.41, 5.74) is 3.30. The van der Waals surface area contributed by atoms with Gasteiger partial charge in [-0.3, -0.25) is 20.3 Å². The number of rotatable bonds is 8. The van der Waals surface area contributed by atoms with Gasteiger partial charge in [0.25, 0.3) is 15.7 Å². The molecule has 0 radical (unpaired) electrons. The van der Waals surface area contributed by atoms with Crippen molar-refractivity contribution in [3.63, 3.8) is 0 Å². The van der Waals surface area contributed by atoms with E-state index >= 15 is 0 Å². The van der Waals surface area contributed by atoms with Crippen molar-refractivity contribution in [2.45, 2.75) is 4.90 Å². The van der Waals surface area contributed by atoms with Crippen molar-refractivity contribution < 1.29 is 18.1 Å². The Bertz CT molecular complexity index is 1250. The van der Waals surface area contributed by atoms with Gasteiger partial charge in [-0.2, -0.15) is 5.10 Å². The second-order valence-corrected chi connectivity index (χ2v) is 8.73. The first-order valence-corrected chi connectivity index (χ1v) is 11.1. The number of anilines is 2. The number of nitro groups is 1. The molecule has 160 valence electrons. The largest absolute Gasteiger partial charge is 0.495 e. The third kappa shape index (κ3) is 5.58. The summed E-state index contributed by atoms with van der Waals surface area (Å²) in [6.07, 6.45) is 1.50. The predicted octanol–water partition coefficient (Wildman–Crippen LogP) is 4.61. The van der Waals surface area contributed by atoms with E-state index in [1.165, 1.54) is 31.5 Å². The molecule has 3 rings (SSSR count). The van der Waals surface area contributed by atoms with Gasteiger partial charge in [-0.25, -0.2) is 8.42 Å². The van der Waals surface area contributed by atoms with Gasteiger partial charge in [-0.15, -0.1) is 0 Å². The molecule has 3 aromatic carbocycles.